The van der Waals surface area contributed by atoms with Crippen molar-refractivity contribution >= 4 is 18.1 Å². The van der Waals surface area contributed by atoms with Gasteiger partial charge in [-0.3, -0.25) is 4.79 Å². The molecule has 0 radical (unpaired) electrons. The fourth-order valence-corrected chi connectivity index (χ4v) is 2.24. The Morgan fingerprint density at radius 2 is 2.06 bits per heavy atom. The van der Waals surface area contributed by atoms with Crippen LogP contribution in [0.3, 0.4) is 0 Å². The molecule has 1 rings (SSSR count). The van der Waals surface area contributed by atoms with Gasteiger partial charge in [0, 0.05) is 0 Å². The molecular weight excluding hydrogens is 212 g/mol. The Kier molecular flexibility index (Phi) is 4.58. The summed E-state index contributed by atoms with van der Waals surface area (Å²) in [6.45, 7) is 0.256. The third-order valence-electron chi connectivity index (χ3n) is 2.95. The van der Waals surface area contributed by atoms with Gasteiger partial charge in [-0.2, -0.15) is 0 Å². The van der Waals surface area contributed by atoms with Gasteiger partial charge in [-0.1, -0.05) is 0 Å². The van der Waals surface area contributed by atoms with E-state index in [2.05, 4.69) is 9.98 Å². The first kappa shape index (κ1) is 12.3. The summed E-state index contributed by atoms with van der Waals surface area (Å²) in [5, 5.41) is 8.75. The summed E-state index contributed by atoms with van der Waals surface area (Å²) in [4.78, 5) is 37.9. The van der Waals surface area contributed by atoms with Crippen molar-refractivity contribution < 1.29 is 19.5 Å². The number of carboxylic acids is 1. The van der Waals surface area contributed by atoms with Crippen molar-refractivity contribution in [3.8, 4) is 0 Å². The van der Waals surface area contributed by atoms with Crippen LogP contribution in [-0.4, -0.2) is 35.8 Å². The van der Waals surface area contributed by atoms with Crippen LogP contribution < -0.4 is 0 Å². The minimum Gasteiger partial charge on any atom is -0.481 e. The zero-order chi connectivity index (χ0) is 12.0. The van der Waals surface area contributed by atoms with Crippen molar-refractivity contribution in [1.29, 1.82) is 0 Å². The third-order valence-corrected chi connectivity index (χ3v) is 2.95. The summed E-state index contributed by atoms with van der Waals surface area (Å²) in [6.07, 6.45) is 4.20. The molecule has 0 aromatic rings. The highest BCUT2D eigenvalue weighted by molar-refractivity contribution is 5.67. The molecule has 0 spiro atoms. The van der Waals surface area contributed by atoms with E-state index in [4.69, 9.17) is 5.11 Å². The lowest BCUT2D eigenvalue weighted by Crippen LogP contribution is -2.23. The molecular formula is C10H12N2O4. The summed E-state index contributed by atoms with van der Waals surface area (Å²) < 4.78 is 0. The second-order valence-corrected chi connectivity index (χ2v) is 3.82. The van der Waals surface area contributed by atoms with Gasteiger partial charge in [-0.25, -0.2) is 19.6 Å². The predicted octanol–water partition coefficient (Wildman–Crippen LogP) is 0.528. The van der Waals surface area contributed by atoms with Crippen molar-refractivity contribution in [2.75, 3.05) is 6.54 Å². The Morgan fingerprint density at radius 3 is 2.62 bits per heavy atom. The third kappa shape index (κ3) is 3.12. The van der Waals surface area contributed by atoms with Gasteiger partial charge in [0.1, 0.15) is 0 Å². The molecule has 0 bridgehead atoms. The van der Waals surface area contributed by atoms with Crippen LogP contribution in [0, 0.1) is 11.8 Å². The molecule has 3 atom stereocenters. The number of carboxylic acid groups (broad SMARTS) is 1. The zero-order valence-electron chi connectivity index (χ0n) is 8.63. The molecule has 6 nitrogen and oxygen atoms in total. The molecule has 1 aliphatic carbocycles. The molecule has 1 N–H and O–H groups in total. The largest absolute Gasteiger partial charge is 0.481 e. The van der Waals surface area contributed by atoms with Gasteiger partial charge >= 0.3 is 5.97 Å². The molecule has 1 saturated carbocycles. The maximum absolute atomic E-state index is 10.7. The molecule has 1 aliphatic rings. The van der Waals surface area contributed by atoms with Crippen molar-refractivity contribution in [3.63, 3.8) is 0 Å². The van der Waals surface area contributed by atoms with Gasteiger partial charge in [-0.05, 0) is 24.7 Å². The van der Waals surface area contributed by atoms with E-state index < -0.39 is 5.97 Å². The van der Waals surface area contributed by atoms with Crippen LogP contribution in [0.2, 0.25) is 0 Å². The minimum atomic E-state index is -0.932. The lowest BCUT2D eigenvalue weighted by molar-refractivity contribution is -0.138. The molecule has 0 heterocycles. The van der Waals surface area contributed by atoms with E-state index in [1.807, 2.05) is 0 Å². The molecule has 16 heavy (non-hydrogen) atoms. The molecule has 3 unspecified atom stereocenters. The molecule has 0 aromatic heterocycles. The van der Waals surface area contributed by atoms with Crippen molar-refractivity contribution in [3.05, 3.63) is 0 Å². The fourth-order valence-electron chi connectivity index (χ4n) is 2.24. The van der Waals surface area contributed by atoms with Crippen molar-refractivity contribution in [1.82, 2.24) is 0 Å². The Balaban J connectivity index is 2.73. The van der Waals surface area contributed by atoms with Gasteiger partial charge in [-0.15, -0.1) is 0 Å². The highest BCUT2D eigenvalue weighted by Crippen LogP contribution is 2.36. The van der Waals surface area contributed by atoms with Gasteiger partial charge in [0.05, 0.1) is 19.0 Å². The lowest BCUT2D eigenvalue weighted by Gasteiger charge is -2.17. The number of hydrogen-bond acceptors (Lipinski definition) is 5. The summed E-state index contributed by atoms with van der Waals surface area (Å²) in [5.41, 5.74) is 0. The van der Waals surface area contributed by atoms with Crippen LogP contribution >= 0.6 is 0 Å². The molecule has 0 aromatic carbocycles. The van der Waals surface area contributed by atoms with E-state index in [9.17, 15) is 14.4 Å². The summed E-state index contributed by atoms with van der Waals surface area (Å²) in [6, 6.07) is -0.305. The highest BCUT2D eigenvalue weighted by Gasteiger charge is 2.37. The molecule has 0 aliphatic heterocycles. The average molecular weight is 224 g/mol. The van der Waals surface area contributed by atoms with E-state index in [-0.39, 0.29) is 30.8 Å². The first-order chi connectivity index (χ1) is 7.69. The van der Waals surface area contributed by atoms with Crippen LogP contribution in [0.5, 0.6) is 0 Å². The van der Waals surface area contributed by atoms with Crippen LogP contribution in [-0.2, 0) is 14.4 Å². The van der Waals surface area contributed by atoms with E-state index in [1.54, 1.807) is 0 Å². The number of aliphatic imine (C=N–C) groups is 2. The van der Waals surface area contributed by atoms with Crippen LogP contribution in [0.1, 0.15) is 19.3 Å². The topological polar surface area (TPSA) is 96.2 Å². The molecule has 1 fully saturated rings. The quantitative estimate of drug-likeness (QED) is 0.544. The maximum atomic E-state index is 10.7. The van der Waals surface area contributed by atoms with Crippen molar-refractivity contribution in [2.24, 2.45) is 21.8 Å². The van der Waals surface area contributed by atoms with Gasteiger partial charge in [0.2, 0.25) is 12.2 Å². The van der Waals surface area contributed by atoms with Crippen LogP contribution in [0.25, 0.3) is 0 Å². The number of nitrogens with zero attached hydrogens (tertiary/aromatic N) is 2. The van der Waals surface area contributed by atoms with E-state index in [0.717, 1.165) is 6.42 Å². The predicted molar refractivity (Wildman–Crippen MR) is 53.4 cm³/mol. The normalized spacial score (nSPS) is 27.9. The Bertz CT molecular complexity index is 356. The number of aliphatic carboxylic acids is 1. The molecule has 0 saturated heterocycles. The number of carbonyl (C=O) groups excluding carboxylic acids is 2. The van der Waals surface area contributed by atoms with Gasteiger partial charge in [0.25, 0.3) is 0 Å². The highest BCUT2D eigenvalue weighted by atomic mass is 16.4. The van der Waals surface area contributed by atoms with E-state index in [0.29, 0.717) is 6.42 Å². The van der Waals surface area contributed by atoms with Gasteiger partial charge < -0.3 is 5.11 Å². The van der Waals surface area contributed by atoms with Crippen LogP contribution in [0.15, 0.2) is 9.98 Å². The lowest BCUT2D eigenvalue weighted by atomic mass is 9.90. The summed E-state index contributed by atoms with van der Waals surface area (Å²) in [7, 11) is 0. The molecule has 0 amide bonds. The fraction of sp³-hybridized carbons (Fsp3) is 0.700. The number of isocyanates is 2. The summed E-state index contributed by atoms with van der Waals surface area (Å²) >= 11 is 0. The average Bonchev–Trinajstić information content (AvgIpc) is 2.59. The smallest absolute Gasteiger partial charge is 0.303 e. The second kappa shape index (κ2) is 5.95. The Labute approximate surface area is 92.1 Å². The van der Waals surface area contributed by atoms with E-state index in [1.165, 1.54) is 12.2 Å². The second-order valence-electron chi connectivity index (χ2n) is 3.82. The van der Waals surface area contributed by atoms with Crippen molar-refractivity contribution in [2.45, 2.75) is 25.3 Å². The number of hydrogen-bond donors (Lipinski definition) is 1. The van der Waals surface area contributed by atoms with E-state index >= 15 is 0 Å². The SMILES string of the molecule is O=C=NCC1CCC(N=C=O)C1CC(=O)O. The molecule has 86 valence electrons. The minimum absolute atomic E-state index is 0.0142. The Morgan fingerprint density at radius 1 is 1.31 bits per heavy atom. The first-order valence-corrected chi connectivity index (χ1v) is 5.01. The van der Waals surface area contributed by atoms with Crippen LogP contribution in [0.4, 0.5) is 0 Å². The number of carbonyl (C=O) groups is 1. The zero-order valence-corrected chi connectivity index (χ0v) is 8.63. The van der Waals surface area contributed by atoms with Gasteiger partial charge in [0.15, 0.2) is 0 Å². The Hall–Kier alpha value is -1.77. The first-order valence-electron chi connectivity index (χ1n) is 5.01. The molecule has 6 heteroatoms. The maximum Gasteiger partial charge on any atom is 0.303 e. The monoisotopic (exact) mass is 224 g/mol. The summed E-state index contributed by atoms with van der Waals surface area (Å²) in [5.74, 6) is -1.19. The standard InChI is InChI=1S/C10H12N2O4/c13-5-11-4-7-1-2-9(12-6-14)8(7)3-10(15)16/h7-9H,1-4H2,(H,15,16). The number of rotatable bonds is 5.